The highest BCUT2D eigenvalue weighted by molar-refractivity contribution is 7.80. The maximum Gasteiger partial charge on any atom is 0.137 e. The second-order valence-corrected chi connectivity index (χ2v) is 3.07. The Labute approximate surface area is 80.4 Å². The standard InChI is InChI=1S/C6H6Cl2N2S/c7-5-4(1-2-11)6(8)10-3-9-5/h3,11H,1-2H2. The lowest BCUT2D eigenvalue weighted by Crippen LogP contribution is -1.93. The summed E-state index contributed by atoms with van der Waals surface area (Å²) in [4.78, 5) is 7.59. The van der Waals surface area contributed by atoms with Gasteiger partial charge in [-0.3, -0.25) is 0 Å². The van der Waals surface area contributed by atoms with Crippen LogP contribution in [0.3, 0.4) is 0 Å². The molecule has 2 nitrogen and oxygen atoms in total. The number of thiol groups is 1. The predicted octanol–water partition coefficient (Wildman–Crippen LogP) is 2.26. The van der Waals surface area contributed by atoms with E-state index < -0.39 is 0 Å². The van der Waals surface area contributed by atoms with Gasteiger partial charge >= 0.3 is 0 Å². The number of nitrogens with zero attached hydrogens (tertiary/aromatic N) is 2. The lowest BCUT2D eigenvalue weighted by molar-refractivity contribution is 1.06. The molecule has 1 aromatic rings. The molecule has 0 saturated carbocycles. The Morgan fingerprint density at radius 3 is 2.27 bits per heavy atom. The number of hydrogen-bond acceptors (Lipinski definition) is 3. The second kappa shape index (κ2) is 4.14. The van der Waals surface area contributed by atoms with Gasteiger partial charge in [-0.25, -0.2) is 9.97 Å². The second-order valence-electron chi connectivity index (χ2n) is 1.91. The van der Waals surface area contributed by atoms with E-state index in [1.807, 2.05) is 0 Å². The molecule has 0 bridgehead atoms. The predicted molar refractivity (Wildman–Crippen MR) is 49.6 cm³/mol. The topological polar surface area (TPSA) is 25.8 Å². The van der Waals surface area contributed by atoms with Crippen molar-refractivity contribution in [3.63, 3.8) is 0 Å². The zero-order chi connectivity index (χ0) is 8.27. The Morgan fingerprint density at radius 2 is 1.82 bits per heavy atom. The van der Waals surface area contributed by atoms with E-state index in [1.165, 1.54) is 6.33 Å². The highest BCUT2D eigenvalue weighted by Crippen LogP contribution is 2.19. The smallest absolute Gasteiger partial charge is 0.137 e. The molecule has 0 saturated heterocycles. The van der Waals surface area contributed by atoms with Gasteiger partial charge < -0.3 is 0 Å². The van der Waals surface area contributed by atoms with Crippen LogP contribution >= 0.6 is 35.8 Å². The SMILES string of the molecule is SCCc1c(Cl)ncnc1Cl. The van der Waals surface area contributed by atoms with Crippen LogP contribution in [-0.4, -0.2) is 15.7 Å². The molecule has 0 aliphatic heterocycles. The molecular formula is C6H6Cl2N2S. The third kappa shape index (κ3) is 2.22. The fourth-order valence-electron chi connectivity index (χ4n) is 0.689. The molecule has 0 fully saturated rings. The van der Waals surface area contributed by atoms with Crippen LogP contribution in [0.5, 0.6) is 0 Å². The molecule has 60 valence electrons. The summed E-state index contributed by atoms with van der Waals surface area (Å²) in [5, 5.41) is 0.832. The molecule has 0 atom stereocenters. The minimum atomic E-state index is 0.416. The van der Waals surface area contributed by atoms with Crippen LogP contribution in [-0.2, 0) is 6.42 Å². The molecule has 0 radical (unpaired) electrons. The molecule has 0 aliphatic carbocycles. The number of aromatic nitrogens is 2. The Balaban J connectivity index is 3.00. The van der Waals surface area contributed by atoms with E-state index in [0.717, 1.165) is 5.56 Å². The average Bonchev–Trinajstić information content (AvgIpc) is 1.97. The third-order valence-corrected chi connectivity index (χ3v) is 2.08. The van der Waals surface area contributed by atoms with Crippen molar-refractivity contribution in [2.75, 3.05) is 5.75 Å². The third-order valence-electron chi connectivity index (χ3n) is 1.20. The van der Waals surface area contributed by atoms with Crippen molar-refractivity contribution >= 4 is 35.8 Å². The first-order valence-corrected chi connectivity index (χ1v) is 4.40. The van der Waals surface area contributed by atoms with Gasteiger partial charge in [-0.1, -0.05) is 23.2 Å². The Kier molecular flexibility index (Phi) is 3.43. The van der Waals surface area contributed by atoms with E-state index in [9.17, 15) is 0 Å². The molecule has 11 heavy (non-hydrogen) atoms. The summed E-state index contributed by atoms with van der Waals surface area (Å²) < 4.78 is 0. The molecule has 5 heteroatoms. The number of rotatable bonds is 2. The van der Waals surface area contributed by atoms with Crippen LogP contribution in [0.4, 0.5) is 0 Å². The number of halogens is 2. The summed E-state index contributed by atoms with van der Waals surface area (Å²) in [5.74, 6) is 0.687. The highest BCUT2D eigenvalue weighted by atomic mass is 35.5. The Bertz CT molecular complexity index is 234. The fraction of sp³-hybridized carbons (Fsp3) is 0.333. The lowest BCUT2D eigenvalue weighted by Gasteiger charge is -2.01. The average molecular weight is 209 g/mol. The van der Waals surface area contributed by atoms with E-state index in [4.69, 9.17) is 23.2 Å². The van der Waals surface area contributed by atoms with Crippen LogP contribution in [0.2, 0.25) is 10.3 Å². The summed E-state index contributed by atoms with van der Waals surface area (Å²) in [5.41, 5.74) is 0.769. The monoisotopic (exact) mass is 208 g/mol. The van der Waals surface area contributed by atoms with E-state index in [-0.39, 0.29) is 0 Å². The molecule has 0 spiro atoms. The van der Waals surface area contributed by atoms with Gasteiger partial charge in [0.2, 0.25) is 0 Å². The largest absolute Gasteiger partial charge is 0.224 e. The van der Waals surface area contributed by atoms with Crippen LogP contribution in [0.25, 0.3) is 0 Å². The van der Waals surface area contributed by atoms with Gasteiger partial charge in [-0.2, -0.15) is 12.6 Å². The normalized spacial score (nSPS) is 10.1. The molecular weight excluding hydrogens is 203 g/mol. The van der Waals surface area contributed by atoms with Gasteiger partial charge in [0.15, 0.2) is 0 Å². The first-order chi connectivity index (χ1) is 5.25. The maximum absolute atomic E-state index is 5.74. The van der Waals surface area contributed by atoms with Crippen LogP contribution in [0, 0.1) is 0 Å². The van der Waals surface area contributed by atoms with E-state index in [0.29, 0.717) is 22.5 Å². The van der Waals surface area contributed by atoms with Gasteiger partial charge in [0.05, 0.1) is 0 Å². The minimum Gasteiger partial charge on any atom is -0.224 e. The van der Waals surface area contributed by atoms with Gasteiger partial charge in [-0.05, 0) is 12.2 Å². The molecule has 0 aliphatic rings. The molecule has 0 amide bonds. The van der Waals surface area contributed by atoms with E-state index >= 15 is 0 Å². The van der Waals surface area contributed by atoms with Gasteiger partial charge in [0.1, 0.15) is 16.6 Å². The van der Waals surface area contributed by atoms with Crippen LogP contribution < -0.4 is 0 Å². The van der Waals surface area contributed by atoms with Crippen molar-refractivity contribution in [3.05, 3.63) is 22.2 Å². The van der Waals surface area contributed by atoms with Crippen molar-refractivity contribution in [1.82, 2.24) is 9.97 Å². The first kappa shape index (κ1) is 9.10. The molecule has 0 N–H and O–H groups in total. The van der Waals surface area contributed by atoms with E-state index in [1.54, 1.807) is 0 Å². The maximum atomic E-state index is 5.74. The van der Waals surface area contributed by atoms with Crippen molar-refractivity contribution < 1.29 is 0 Å². The lowest BCUT2D eigenvalue weighted by atomic mass is 10.3. The van der Waals surface area contributed by atoms with Crippen molar-refractivity contribution in [2.24, 2.45) is 0 Å². The molecule has 1 rings (SSSR count). The molecule has 1 aromatic heterocycles. The van der Waals surface area contributed by atoms with Gasteiger partial charge in [0, 0.05) is 5.56 Å². The highest BCUT2D eigenvalue weighted by Gasteiger charge is 2.05. The summed E-state index contributed by atoms with van der Waals surface area (Å²) >= 11 is 15.5. The summed E-state index contributed by atoms with van der Waals surface area (Å²) in [6.07, 6.45) is 2.04. The molecule has 0 aromatic carbocycles. The van der Waals surface area contributed by atoms with Crippen molar-refractivity contribution in [3.8, 4) is 0 Å². The van der Waals surface area contributed by atoms with Gasteiger partial charge in [-0.15, -0.1) is 0 Å². The quantitative estimate of drug-likeness (QED) is 0.597. The van der Waals surface area contributed by atoms with Gasteiger partial charge in [0.25, 0.3) is 0 Å². The van der Waals surface area contributed by atoms with Crippen LogP contribution in [0.1, 0.15) is 5.56 Å². The summed E-state index contributed by atoms with van der Waals surface area (Å²) in [6.45, 7) is 0. The van der Waals surface area contributed by atoms with Crippen molar-refractivity contribution in [1.29, 1.82) is 0 Å². The Hall–Kier alpha value is 0.01000. The molecule has 1 heterocycles. The van der Waals surface area contributed by atoms with E-state index in [2.05, 4.69) is 22.6 Å². The molecule has 0 unspecified atom stereocenters. The van der Waals surface area contributed by atoms with Crippen LogP contribution in [0.15, 0.2) is 6.33 Å². The van der Waals surface area contributed by atoms with Crippen molar-refractivity contribution in [2.45, 2.75) is 6.42 Å². The first-order valence-electron chi connectivity index (χ1n) is 3.01. The Morgan fingerprint density at radius 1 is 1.27 bits per heavy atom. The minimum absolute atomic E-state index is 0.416. The zero-order valence-corrected chi connectivity index (χ0v) is 8.00. The fourth-order valence-corrected chi connectivity index (χ4v) is 1.42. The summed E-state index contributed by atoms with van der Waals surface area (Å²) in [7, 11) is 0. The zero-order valence-electron chi connectivity index (χ0n) is 5.59. The summed E-state index contributed by atoms with van der Waals surface area (Å²) in [6, 6.07) is 0. The number of hydrogen-bond donors (Lipinski definition) is 1.